The quantitative estimate of drug-likeness (QED) is 0.779. The molecule has 0 saturated carbocycles. The lowest BCUT2D eigenvalue weighted by molar-refractivity contribution is -0.143. The monoisotopic (exact) mass is 239 g/mol. The van der Waals surface area contributed by atoms with E-state index < -0.39 is 18.5 Å². The number of aliphatic carboxylic acids is 1. The van der Waals surface area contributed by atoms with Gasteiger partial charge in [-0.05, 0) is 12.1 Å². The second-order valence-corrected chi connectivity index (χ2v) is 3.36. The van der Waals surface area contributed by atoms with Crippen LogP contribution < -0.4 is 4.90 Å². The Morgan fingerprint density at radius 1 is 1.35 bits per heavy atom. The Kier molecular flexibility index (Phi) is 4.47. The van der Waals surface area contributed by atoms with Crippen LogP contribution in [0, 0.1) is 0 Å². The van der Waals surface area contributed by atoms with Gasteiger partial charge in [0.15, 0.2) is 0 Å². The maximum absolute atomic E-state index is 11.6. The summed E-state index contributed by atoms with van der Waals surface area (Å²) >= 11 is 0. The molecule has 0 atom stereocenters. The molecular weight excluding hydrogens is 226 g/mol. The van der Waals surface area contributed by atoms with Crippen molar-refractivity contribution < 1.29 is 24.5 Å². The highest BCUT2D eigenvalue weighted by Gasteiger charge is 2.12. The predicted molar refractivity (Wildman–Crippen MR) is 60.0 cm³/mol. The summed E-state index contributed by atoms with van der Waals surface area (Å²) in [7, 11) is 1.52. The lowest BCUT2D eigenvalue weighted by Crippen LogP contribution is -2.30. The summed E-state index contributed by atoms with van der Waals surface area (Å²) in [5.74, 6) is -1.47. The molecular formula is C11H13NO5. The zero-order valence-electron chi connectivity index (χ0n) is 9.29. The Morgan fingerprint density at radius 2 is 2.06 bits per heavy atom. The molecule has 6 heteroatoms. The number of nitrogens with zero attached hydrogens (tertiary/aromatic N) is 1. The summed E-state index contributed by atoms with van der Waals surface area (Å²) in [6, 6.07) is 6.17. The van der Waals surface area contributed by atoms with Gasteiger partial charge in [0.25, 0.3) is 5.91 Å². The number of hydrogen-bond acceptors (Lipinski definition) is 4. The standard InChI is InChI=1S/C11H13NO5/c1-12(8-3-2-4-9(13)5-8)10(14)6-17-7-11(15)16/h2-5,13H,6-7H2,1H3,(H,15,16). The zero-order valence-corrected chi connectivity index (χ0v) is 9.29. The van der Waals surface area contributed by atoms with Crippen molar-refractivity contribution in [3.05, 3.63) is 24.3 Å². The molecule has 0 heterocycles. The van der Waals surface area contributed by atoms with Gasteiger partial charge in [-0.15, -0.1) is 0 Å². The SMILES string of the molecule is CN(C(=O)COCC(=O)O)c1cccc(O)c1. The van der Waals surface area contributed by atoms with Crippen LogP contribution in [0.3, 0.4) is 0 Å². The predicted octanol–water partition coefficient (Wildman–Crippen LogP) is 0.456. The number of benzene rings is 1. The van der Waals surface area contributed by atoms with E-state index in [1.165, 1.54) is 24.1 Å². The Balaban J connectivity index is 2.54. The number of carbonyl (C=O) groups excluding carboxylic acids is 1. The highest BCUT2D eigenvalue weighted by Crippen LogP contribution is 2.18. The van der Waals surface area contributed by atoms with E-state index in [4.69, 9.17) is 5.11 Å². The van der Waals surface area contributed by atoms with E-state index >= 15 is 0 Å². The third-order valence-corrected chi connectivity index (χ3v) is 2.04. The average Bonchev–Trinajstić information content (AvgIpc) is 2.27. The molecule has 0 aromatic heterocycles. The minimum atomic E-state index is -1.13. The maximum atomic E-state index is 11.6. The molecule has 17 heavy (non-hydrogen) atoms. The number of amides is 1. The molecule has 0 aliphatic rings. The van der Waals surface area contributed by atoms with Crippen molar-refractivity contribution >= 4 is 17.6 Å². The number of carboxylic acid groups (broad SMARTS) is 1. The van der Waals surface area contributed by atoms with E-state index in [2.05, 4.69) is 4.74 Å². The van der Waals surface area contributed by atoms with Crippen LogP contribution in [0.15, 0.2) is 24.3 Å². The Bertz CT molecular complexity index is 418. The first-order valence-corrected chi connectivity index (χ1v) is 4.86. The third-order valence-electron chi connectivity index (χ3n) is 2.04. The minimum Gasteiger partial charge on any atom is -0.508 e. The van der Waals surface area contributed by atoms with E-state index in [0.29, 0.717) is 5.69 Å². The number of anilines is 1. The van der Waals surface area contributed by atoms with Gasteiger partial charge in [-0.3, -0.25) is 4.79 Å². The summed E-state index contributed by atoms with van der Waals surface area (Å²) in [5, 5.41) is 17.6. The Morgan fingerprint density at radius 3 is 2.65 bits per heavy atom. The van der Waals surface area contributed by atoms with Crippen LogP contribution in [0.5, 0.6) is 5.75 Å². The van der Waals surface area contributed by atoms with Gasteiger partial charge in [-0.2, -0.15) is 0 Å². The summed E-state index contributed by atoms with van der Waals surface area (Å²) in [6.45, 7) is -0.835. The second kappa shape index (κ2) is 5.86. The zero-order chi connectivity index (χ0) is 12.8. The number of hydrogen-bond donors (Lipinski definition) is 2. The topological polar surface area (TPSA) is 87.1 Å². The van der Waals surface area contributed by atoms with Gasteiger partial charge in [-0.1, -0.05) is 6.07 Å². The molecule has 0 bridgehead atoms. The average molecular weight is 239 g/mol. The normalized spacial score (nSPS) is 9.94. The van der Waals surface area contributed by atoms with Crippen LogP contribution in [0.4, 0.5) is 5.69 Å². The van der Waals surface area contributed by atoms with Gasteiger partial charge >= 0.3 is 5.97 Å². The molecule has 1 aromatic rings. The van der Waals surface area contributed by atoms with Crippen molar-refractivity contribution in [1.82, 2.24) is 0 Å². The van der Waals surface area contributed by atoms with E-state index in [0.717, 1.165) is 0 Å². The van der Waals surface area contributed by atoms with Gasteiger partial charge in [0, 0.05) is 18.8 Å². The number of carboxylic acids is 1. The van der Waals surface area contributed by atoms with Gasteiger partial charge in [-0.25, -0.2) is 4.79 Å². The fraction of sp³-hybridized carbons (Fsp3) is 0.273. The lowest BCUT2D eigenvalue weighted by atomic mass is 10.3. The molecule has 0 spiro atoms. The molecule has 0 radical (unpaired) electrons. The van der Waals surface area contributed by atoms with E-state index in [1.54, 1.807) is 12.1 Å². The lowest BCUT2D eigenvalue weighted by Gasteiger charge is -2.17. The van der Waals surface area contributed by atoms with E-state index in [1.807, 2.05) is 0 Å². The molecule has 1 amide bonds. The van der Waals surface area contributed by atoms with Gasteiger partial charge in [0.1, 0.15) is 19.0 Å². The fourth-order valence-corrected chi connectivity index (χ4v) is 1.17. The Labute approximate surface area is 98.0 Å². The van der Waals surface area contributed by atoms with Gasteiger partial charge < -0.3 is 19.8 Å². The third kappa shape index (κ3) is 4.12. The largest absolute Gasteiger partial charge is 0.508 e. The van der Waals surface area contributed by atoms with Crippen molar-refractivity contribution in [2.75, 3.05) is 25.2 Å². The maximum Gasteiger partial charge on any atom is 0.329 e. The van der Waals surface area contributed by atoms with Crippen LogP contribution >= 0.6 is 0 Å². The van der Waals surface area contributed by atoms with Gasteiger partial charge in [0.2, 0.25) is 0 Å². The van der Waals surface area contributed by atoms with Crippen LogP contribution in [-0.2, 0) is 14.3 Å². The number of aromatic hydroxyl groups is 1. The van der Waals surface area contributed by atoms with Crippen molar-refractivity contribution in [3.63, 3.8) is 0 Å². The molecule has 1 aromatic carbocycles. The number of carbonyl (C=O) groups is 2. The number of rotatable bonds is 5. The molecule has 0 fully saturated rings. The summed E-state index contributed by atoms with van der Waals surface area (Å²) in [5.41, 5.74) is 0.508. The Hall–Kier alpha value is -2.08. The van der Waals surface area contributed by atoms with Crippen LogP contribution in [0.25, 0.3) is 0 Å². The molecule has 0 aliphatic heterocycles. The van der Waals surface area contributed by atoms with Gasteiger partial charge in [0.05, 0.1) is 0 Å². The molecule has 92 valence electrons. The molecule has 0 aliphatic carbocycles. The van der Waals surface area contributed by atoms with E-state index in [-0.39, 0.29) is 12.4 Å². The minimum absolute atomic E-state index is 0.0496. The molecule has 0 saturated heterocycles. The van der Waals surface area contributed by atoms with Crippen LogP contribution in [0.1, 0.15) is 0 Å². The molecule has 6 nitrogen and oxygen atoms in total. The van der Waals surface area contributed by atoms with E-state index in [9.17, 15) is 14.7 Å². The first-order chi connectivity index (χ1) is 8.00. The van der Waals surface area contributed by atoms with Crippen LogP contribution in [0.2, 0.25) is 0 Å². The van der Waals surface area contributed by atoms with Crippen molar-refractivity contribution in [2.24, 2.45) is 0 Å². The molecule has 1 rings (SSSR count). The summed E-state index contributed by atoms with van der Waals surface area (Å²) < 4.78 is 4.68. The van der Waals surface area contributed by atoms with Crippen molar-refractivity contribution in [1.29, 1.82) is 0 Å². The van der Waals surface area contributed by atoms with Crippen molar-refractivity contribution in [2.45, 2.75) is 0 Å². The van der Waals surface area contributed by atoms with Crippen LogP contribution in [-0.4, -0.2) is 42.4 Å². The summed E-state index contributed by atoms with van der Waals surface area (Å²) in [6.07, 6.45) is 0. The fourth-order valence-electron chi connectivity index (χ4n) is 1.17. The number of phenolic OH excluding ortho intramolecular Hbond substituents is 1. The second-order valence-electron chi connectivity index (χ2n) is 3.36. The smallest absolute Gasteiger partial charge is 0.329 e. The first kappa shape index (κ1) is 13.0. The highest BCUT2D eigenvalue weighted by molar-refractivity contribution is 5.94. The number of likely N-dealkylation sites (N-methyl/N-ethyl adjacent to an activating group) is 1. The number of phenols is 1. The number of ether oxygens (including phenoxy) is 1. The highest BCUT2D eigenvalue weighted by atomic mass is 16.5. The first-order valence-electron chi connectivity index (χ1n) is 4.86. The molecule has 2 N–H and O–H groups in total. The summed E-state index contributed by atoms with van der Waals surface area (Å²) in [4.78, 5) is 23.0. The molecule has 0 unspecified atom stereocenters. The van der Waals surface area contributed by atoms with Crippen molar-refractivity contribution in [3.8, 4) is 5.75 Å².